The zero-order valence-corrected chi connectivity index (χ0v) is 13.4. The normalized spacial score (nSPS) is 14.3. The molecule has 0 spiro atoms. The molecule has 2 rings (SSSR count). The molecular formula is C17H25N3. The molecule has 0 saturated carbocycles. The van der Waals surface area contributed by atoms with E-state index in [0.717, 1.165) is 5.69 Å². The van der Waals surface area contributed by atoms with Gasteiger partial charge in [0.15, 0.2) is 0 Å². The molecule has 0 fully saturated rings. The minimum absolute atomic E-state index is 0.290. The summed E-state index contributed by atoms with van der Waals surface area (Å²) in [7, 11) is 2.00. The van der Waals surface area contributed by atoms with Crippen LogP contribution in [0.25, 0.3) is 0 Å². The van der Waals surface area contributed by atoms with Gasteiger partial charge in [0.25, 0.3) is 0 Å². The van der Waals surface area contributed by atoms with Crippen molar-refractivity contribution in [2.24, 2.45) is 7.05 Å². The van der Waals surface area contributed by atoms with Gasteiger partial charge in [0.05, 0.1) is 5.69 Å². The lowest BCUT2D eigenvalue weighted by Crippen LogP contribution is -2.24. The summed E-state index contributed by atoms with van der Waals surface area (Å²) in [6.07, 6.45) is 0. The quantitative estimate of drug-likeness (QED) is 0.917. The topological polar surface area (TPSA) is 29.9 Å². The predicted octanol–water partition coefficient (Wildman–Crippen LogP) is 3.76. The summed E-state index contributed by atoms with van der Waals surface area (Å²) < 4.78 is 1.96. The first kappa shape index (κ1) is 14.8. The van der Waals surface area contributed by atoms with E-state index in [2.05, 4.69) is 69.3 Å². The highest BCUT2D eigenvalue weighted by Crippen LogP contribution is 2.25. The predicted molar refractivity (Wildman–Crippen MR) is 83.8 cm³/mol. The van der Waals surface area contributed by atoms with Crippen LogP contribution in [-0.4, -0.2) is 9.78 Å². The van der Waals surface area contributed by atoms with E-state index >= 15 is 0 Å². The Morgan fingerprint density at radius 2 is 1.70 bits per heavy atom. The zero-order chi connectivity index (χ0) is 14.9. The van der Waals surface area contributed by atoms with Gasteiger partial charge < -0.3 is 5.32 Å². The second kappa shape index (κ2) is 5.80. The van der Waals surface area contributed by atoms with E-state index in [4.69, 9.17) is 0 Å². The van der Waals surface area contributed by atoms with Crippen LogP contribution >= 0.6 is 0 Å². The molecule has 0 saturated heterocycles. The Morgan fingerprint density at radius 1 is 1.05 bits per heavy atom. The van der Waals surface area contributed by atoms with Crippen molar-refractivity contribution >= 4 is 0 Å². The van der Waals surface area contributed by atoms with Crippen LogP contribution in [0.4, 0.5) is 0 Å². The third-order valence-electron chi connectivity index (χ3n) is 4.15. The average molecular weight is 271 g/mol. The highest BCUT2D eigenvalue weighted by Gasteiger charge is 2.18. The van der Waals surface area contributed by atoms with Crippen LogP contribution in [0.1, 0.15) is 54.0 Å². The maximum absolute atomic E-state index is 4.51. The van der Waals surface area contributed by atoms with Gasteiger partial charge in [-0.1, -0.05) is 24.3 Å². The van der Waals surface area contributed by atoms with E-state index in [9.17, 15) is 0 Å². The van der Waals surface area contributed by atoms with Crippen molar-refractivity contribution in [3.8, 4) is 0 Å². The molecular weight excluding hydrogens is 246 g/mol. The molecule has 0 amide bonds. The number of aryl methyl sites for hydroxylation is 3. The van der Waals surface area contributed by atoms with E-state index in [1.807, 2.05) is 11.7 Å². The lowest BCUT2D eigenvalue weighted by molar-refractivity contribution is 0.490. The van der Waals surface area contributed by atoms with Crippen molar-refractivity contribution in [2.75, 3.05) is 0 Å². The summed E-state index contributed by atoms with van der Waals surface area (Å²) >= 11 is 0. The number of rotatable bonds is 4. The lowest BCUT2D eigenvalue weighted by atomic mass is 10.00. The minimum Gasteiger partial charge on any atom is -0.304 e. The van der Waals surface area contributed by atoms with Gasteiger partial charge in [0.2, 0.25) is 0 Å². The van der Waals surface area contributed by atoms with E-state index in [0.29, 0.717) is 12.1 Å². The molecule has 0 aliphatic carbocycles. The fourth-order valence-corrected chi connectivity index (χ4v) is 3.04. The Labute approximate surface area is 122 Å². The summed E-state index contributed by atoms with van der Waals surface area (Å²) in [6.45, 7) is 10.8. The molecule has 0 aliphatic rings. The highest BCUT2D eigenvalue weighted by molar-refractivity contribution is 5.31. The van der Waals surface area contributed by atoms with Crippen molar-refractivity contribution in [3.05, 3.63) is 52.3 Å². The fourth-order valence-electron chi connectivity index (χ4n) is 3.04. The third kappa shape index (κ3) is 2.78. The SMILES string of the molecule is Cc1ccccc1[C@H](C)NC(C)c1c(C)nn(C)c1C. The first-order chi connectivity index (χ1) is 9.41. The highest BCUT2D eigenvalue weighted by atomic mass is 15.3. The minimum atomic E-state index is 0.290. The Kier molecular flexibility index (Phi) is 4.29. The standard InChI is InChI=1S/C17H25N3/c1-11-9-7-8-10-16(11)12(2)18-13(3)17-14(4)19-20(6)15(17)5/h7-10,12-13,18H,1-6H3/t12-,13?/m0/s1. The average Bonchev–Trinajstić information content (AvgIpc) is 2.63. The van der Waals surface area contributed by atoms with E-state index < -0.39 is 0 Å². The van der Waals surface area contributed by atoms with Gasteiger partial charge in [0, 0.05) is 30.4 Å². The molecule has 1 aromatic carbocycles. The number of hydrogen-bond donors (Lipinski definition) is 1. The van der Waals surface area contributed by atoms with Crippen LogP contribution < -0.4 is 5.32 Å². The van der Waals surface area contributed by atoms with Crippen LogP contribution in [0, 0.1) is 20.8 Å². The van der Waals surface area contributed by atoms with Crippen LogP contribution in [0.5, 0.6) is 0 Å². The van der Waals surface area contributed by atoms with Gasteiger partial charge in [0.1, 0.15) is 0 Å². The zero-order valence-electron chi connectivity index (χ0n) is 13.4. The molecule has 2 aromatic rings. The molecule has 2 atom stereocenters. The molecule has 3 heteroatoms. The first-order valence-corrected chi connectivity index (χ1v) is 7.23. The Balaban J connectivity index is 2.19. The van der Waals surface area contributed by atoms with Crippen LogP contribution in [0.15, 0.2) is 24.3 Å². The van der Waals surface area contributed by atoms with Crippen molar-refractivity contribution in [1.29, 1.82) is 0 Å². The summed E-state index contributed by atoms with van der Waals surface area (Å²) in [5.41, 5.74) is 6.35. The number of aromatic nitrogens is 2. The number of benzene rings is 1. The van der Waals surface area contributed by atoms with E-state index in [1.54, 1.807) is 0 Å². The monoisotopic (exact) mass is 271 g/mol. The van der Waals surface area contributed by atoms with Crippen LogP contribution in [0.2, 0.25) is 0 Å². The summed E-state index contributed by atoms with van der Waals surface area (Å²) in [5.74, 6) is 0. The Morgan fingerprint density at radius 3 is 2.25 bits per heavy atom. The molecule has 1 heterocycles. The van der Waals surface area contributed by atoms with Gasteiger partial charge in [-0.25, -0.2) is 0 Å². The second-order valence-corrected chi connectivity index (χ2v) is 5.67. The third-order valence-corrected chi connectivity index (χ3v) is 4.15. The summed E-state index contributed by atoms with van der Waals surface area (Å²) in [4.78, 5) is 0. The van der Waals surface area contributed by atoms with Gasteiger partial charge in [-0.05, 0) is 45.7 Å². The van der Waals surface area contributed by atoms with Crippen molar-refractivity contribution in [3.63, 3.8) is 0 Å². The van der Waals surface area contributed by atoms with Gasteiger partial charge in [-0.3, -0.25) is 4.68 Å². The van der Waals surface area contributed by atoms with E-state index in [1.165, 1.54) is 22.4 Å². The molecule has 20 heavy (non-hydrogen) atoms. The van der Waals surface area contributed by atoms with Crippen molar-refractivity contribution in [2.45, 2.75) is 46.7 Å². The molecule has 0 aliphatic heterocycles. The Bertz CT molecular complexity index is 598. The van der Waals surface area contributed by atoms with Gasteiger partial charge in [-0.15, -0.1) is 0 Å². The second-order valence-electron chi connectivity index (χ2n) is 5.67. The van der Waals surface area contributed by atoms with Crippen LogP contribution in [-0.2, 0) is 7.05 Å². The molecule has 108 valence electrons. The Hall–Kier alpha value is -1.61. The van der Waals surface area contributed by atoms with Gasteiger partial charge in [-0.2, -0.15) is 5.10 Å². The van der Waals surface area contributed by atoms with Crippen molar-refractivity contribution < 1.29 is 0 Å². The smallest absolute Gasteiger partial charge is 0.0644 e. The summed E-state index contributed by atoms with van der Waals surface area (Å²) in [6, 6.07) is 9.17. The molecule has 1 aromatic heterocycles. The van der Waals surface area contributed by atoms with Gasteiger partial charge >= 0.3 is 0 Å². The maximum atomic E-state index is 4.51. The maximum Gasteiger partial charge on any atom is 0.0644 e. The largest absolute Gasteiger partial charge is 0.304 e. The number of nitrogens with zero attached hydrogens (tertiary/aromatic N) is 2. The molecule has 1 N–H and O–H groups in total. The molecule has 3 nitrogen and oxygen atoms in total. The molecule has 1 unspecified atom stereocenters. The summed E-state index contributed by atoms with van der Waals surface area (Å²) in [5, 5.41) is 8.20. The van der Waals surface area contributed by atoms with Crippen LogP contribution in [0.3, 0.4) is 0 Å². The van der Waals surface area contributed by atoms with Crippen molar-refractivity contribution in [1.82, 2.24) is 15.1 Å². The molecule has 0 bridgehead atoms. The van der Waals surface area contributed by atoms with E-state index in [-0.39, 0.29) is 0 Å². The number of hydrogen-bond acceptors (Lipinski definition) is 2. The lowest BCUT2D eigenvalue weighted by Gasteiger charge is -2.22. The first-order valence-electron chi connectivity index (χ1n) is 7.23. The number of nitrogens with one attached hydrogen (secondary N) is 1. The molecule has 0 radical (unpaired) electrons. The fraction of sp³-hybridized carbons (Fsp3) is 0.471.